The second-order valence-corrected chi connectivity index (χ2v) is 6.26. The maximum absolute atomic E-state index is 4.52. The molecule has 19 heavy (non-hydrogen) atoms. The molecule has 0 aliphatic rings. The smallest absolute Gasteiger partial charge is 0.0719 e. The SMILES string of the molecule is CNC(Cc1ccccc1C)c1ncc(Br)cc1Br. The van der Waals surface area contributed by atoms with Gasteiger partial charge in [-0.2, -0.15) is 0 Å². The van der Waals surface area contributed by atoms with Crippen LogP contribution in [-0.4, -0.2) is 12.0 Å². The third-order valence-corrected chi connectivity index (χ3v) is 4.27. The molecule has 1 aromatic carbocycles. The van der Waals surface area contributed by atoms with Crippen molar-refractivity contribution in [3.8, 4) is 0 Å². The zero-order valence-electron chi connectivity index (χ0n) is 11.0. The first-order chi connectivity index (χ1) is 9.11. The highest BCUT2D eigenvalue weighted by molar-refractivity contribution is 9.11. The molecule has 1 N–H and O–H groups in total. The van der Waals surface area contributed by atoms with Gasteiger partial charge >= 0.3 is 0 Å². The van der Waals surface area contributed by atoms with E-state index in [1.54, 1.807) is 0 Å². The molecule has 1 aromatic heterocycles. The standard InChI is InChI=1S/C15H16Br2N2/c1-10-5-3-4-6-11(10)7-14(18-2)15-13(17)8-12(16)9-19-15/h3-6,8-9,14,18H,7H2,1-2H3. The third-order valence-electron chi connectivity index (χ3n) is 3.20. The van der Waals surface area contributed by atoms with E-state index in [-0.39, 0.29) is 6.04 Å². The molecule has 0 aliphatic carbocycles. The minimum Gasteiger partial charge on any atom is -0.311 e. The van der Waals surface area contributed by atoms with Crippen molar-refractivity contribution in [2.45, 2.75) is 19.4 Å². The number of aromatic nitrogens is 1. The number of nitrogens with one attached hydrogen (secondary N) is 1. The summed E-state index contributed by atoms with van der Waals surface area (Å²) in [5.41, 5.74) is 3.70. The van der Waals surface area contributed by atoms with Crippen LogP contribution in [0.1, 0.15) is 22.9 Å². The van der Waals surface area contributed by atoms with Crippen LogP contribution in [0, 0.1) is 6.92 Å². The summed E-state index contributed by atoms with van der Waals surface area (Å²) >= 11 is 7.02. The van der Waals surface area contributed by atoms with Gasteiger partial charge in [0.25, 0.3) is 0 Å². The normalized spacial score (nSPS) is 12.4. The lowest BCUT2D eigenvalue weighted by molar-refractivity contribution is 0.571. The molecule has 4 heteroatoms. The number of rotatable bonds is 4. The molecule has 1 unspecified atom stereocenters. The van der Waals surface area contributed by atoms with Crippen LogP contribution < -0.4 is 5.32 Å². The number of benzene rings is 1. The number of hydrogen-bond donors (Lipinski definition) is 1. The Morgan fingerprint density at radius 3 is 2.63 bits per heavy atom. The van der Waals surface area contributed by atoms with E-state index in [0.29, 0.717) is 0 Å². The number of halogens is 2. The van der Waals surface area contributed by atoms with Crippen LogP contribution in [0.2, 0.25) is 0 Å². The van der Waals surface area contributed by atoms with Crippen molar-refractivity contribution in [1.82, 2.24) is 10.3 Å². The Bertz CT molecular complexity index is 570. The van der Waals surface area contributed by atoms with Gasteiger partial charge in [0, 0.05) is 15.1 Å². The molecule has 2 rings (SSSR count). The van der Waals surface area contributed by atoms with Crippen LogP contribution >= 0.6 is 31.9 Å². The molecule has 100 valence electrons. The van der Waals surface area contributed by atoms with Crippen LogP contribution in [0.3, 0.4) is 0 Å². The molecule has 0 amide bonds. The monoisotopic (exact) mass is 382 g/mol. The molecule has 0 spiro atoms. The van der Waals surface area contributed by atoms with Gasteiger partial charge in [0.1, 0.15) is 0 Å². The van der Waals surface area contributed by atoms with Crippen molar-refractivity contribution in [3.63, 3.8) is 0 Å². The Morgan fingerprint density at radius 1 is 1.26 bits per heavy atom. The molecule has 0 bridgehead atoms. The molecule has 1 heterocycles. The van der Waals surface area contributed by atoms with Gasteiger partial charge in [-0.25, -0.2) is 0 Å². The third kappa shape index (κ3) is 3.65. The average molecular weight is 384 g/mol. The molecule has 2 nitrogen and oxygen atoms in total. The van der Waals surface area contributed by atoms with E-state index in [9.17, 15) is 0 Å². The Balaban J connectivity index is 2.28. The second kappa shape index (κ2) is 6.64. The maximum atomic E-state index is 4.52. The number of aryl methyl sites for hydroxylation is 1. The second-order valence-electron chi connectivity index (χ2n) is 4.49. The Labute approximate surface area is 130 Å². The molecule has 1 atom stereocenters. The van der Waals surface area contributed by atoms with Crippen LogP contribution in [0.5, 0.6) is 0 Å². The highest BCUT2D eigenvalue weighted by atomic mass is 79.9. The zero-order chi connectivity index (χ0) is 13.8. The van der Waals surface area contributed by atoms with E-state index < -0.39 is 0 Å². The number of hydrogen-bond acceptors (Lipinski definition) is 2. The zero-order valence-corrected chi connectivity index (χ0v) is 14.1. The predicted molar refractivity (Wildman–Crippen MR) is 86.3 cm³/mol. The van der Waals surface area contributed by atoms with Crippen molar-refractivity contribution < 1.29 is 0 Å². The van der Waals surface area contributed by atoms with E-state index in [4.69, 9.17) is 0 Å². The quantitative estimate of drug-likeness (QED) is 0.845. The topological polar surface area (TPSA) is 24.9 Å². The molecule has 2 aromatic rings. The molecule has 0 radical (unpaired) electrons. The fourth-order valence-corrected chi connectivity index (χ4v) is 3.34. The summed E-state index contributed by atoms with van der Waals surface area (Å²) in [4.78, 5) is 4.52. The first-order valence-electron chi connectivity index (χ1n) is 6.14. The van der Waals surface area contributed by atoms with E-state index in [2.05, 4.69) is 73.3 Å². The molecule has 0 fully saturated rings. The lowest BCUT2D eigenvalue weighted by Crippen LogP contribution is -2.21. The van der Waals surface area contributed by atoms with Gasteiger partial charge in [-0.1, -0.05) is 24.3 Å². The minimum absolute atomic E-state index is 0.198. The van der Waals surface area contributed by atoms with Crippen molar-refractivity contribution >= 4 is 31.9 Å². The van der Waals surface area contributed by atoms with Gasteiger partial charge in [-0.05, 0) is 69.4 Å². The van der Waals surface area contributed by atoms with Crippen LogP contribution in [0.25, 0.3) is 0 Å². The van der Waals surface area contributed by atoms with Crippen LogP contribution in [-0.2, 0) is 6.42 Å². The van der Waals surface area contributed by atoms with E-state index >= 15 is 0 Å². The number of likely N-dealkylation sites (N-methyl/N-ethyl adjacent to an activating group) is 1. The summed E-state index contributed by atoms with van der Waals surface area (Å²) < 4.78 is 2.00. The lowest BCUT2D eigenvalue weighted by Gasteiger charge is -2.18. The highest BCUT2D eigenvalue weighted by Crippen LogP contribution is 2.27. The van der Waals surface area contributed by atoms with Gasteiger partial charge in [-0.15, -0.1) is 0 Å². The Hall–Kier alpha value is -0.710. The number of nitrogens with zero attached hydrogens (tertiary/aromatic N) is 1. The lowest BCUT2D eigenvalue weighted by atomic mass is 9.99. The van der Waals surface area contributed by atoms with Gasteiger partial charge in [0.05, 0.1) is 11.7 Å². The molecule has 0 saturated heterocycles. The largest absolute Gasteiger partial charge is 0.311 e. The van der Waals surface area contributed by atoms with Crippen molar-refractivity contribution in [2.24, 2.45) is 0 Å². The first-order valence-corrected chi connectivity index (χ1v) is 7.73. The summed E-state index contributed by atoms with van der Waals surface area (Å²) in [6.07, 6.45) is 2.76. The van der Waals surface area contributed by atoms with Crippen LogP contribution in [0.15, 0.2) is 45.5 Å². The molecule has 0 saturated carbocycles. The fourth-order valence-electron chi connectivity index (χ4n) is 2.08. The van der Waals surface area contributed by atoms with Gasteiger partial charge in [-0.3, -0.25) is 4.98 Å². The highest BCUT2D eigenvalue weighted by Gasteiger charge is 2.16. The summed E-state index contributed by atoms with van der Waals surface area (Å²) in [6.45, 7) is 2.14. The fraction of sp³-hybridized carbons (Fsp3) is 0.267. The van der Waals surface area contributed by atoms with Crippen LogP contribution in [0.4, 0.5) is 0 Å². The molecular weight excluding hydrogens is 368 g/mol. The summed E-state index contributed by atoms with van der Waals surface area (Å²) in [7, 11) is 1.97. The Kier molecular flexibility index (Phi) is 5.13. The predicted octanol–water partition coefficient (Wildman–Crippen LogP) is 4.42. The summed E-state index contributed by atoms with van der Waals surface area (Å²) in [6, 6.07) is 10.7. The molecule has 0 aliphatic heterocycles. The van der Waals surface area contributed by atoms with Gasteiger partial charge < -0.3 is 5.32 Å². The van der Waals surface area contributed by atoms with E-state index in [0.717, 1.165) is 21.1 Å². The van der Waals surface area contributed by atoms with Crippen molar-refractivity contribution in [1.29, 1.82) is 0 Å². The van der Waals surface area contributed by atoms with E-state index in [1.165, 1.54) is 11.1 Å². The van der Waals surface area contributed by atoms with Crippen molar-refractivity contribution in [3.05, 3.63) is 62.3 Å². The number of pyridine rings is 1. The van der Waals surface area contributed by atoms with Crippen molar-refractivity contribution in [2.75, 3.05) is 7.05 Å². The summed E-state index contributed by atoms with van der Waals surface area (Å²) in [5.74, 6) is 0. The maximum Gasteiger partial charge on any atom is 0.0719 e. The minimum atomic E-state index is 0.198. The Morgan fingerprint density at radius 2 is 2.00 bits per heavy atom. The molecular formula is C15H16Br2N2. The average Bonchev–Trinajstić information content (AvgIpc) is 2.39. The van der Waals surface area contributed by atoms with Gasteiger partial charge in [0.2, 0.25) is 0 Å². The first kappa shape index (κ1) is 14.7. The van der Waals surface area contributed by atoms with Gasteiger partial charge in [0.15, 0.2) is 0 Å². The van der Waals surface area contributed by atoms with E-state index in [1.807, 2.05) is 19.3 Å². The summed E-state index contributed by atoms with van der Waals surface area (Å²) in [5, 5.41) is 3.35.